The van der Waals surface area contributed by atoms with Crippen molar-refractivity contribution in [1.29, 1.82) is 0 Å². The molecule has 0 spiro atoms. The number of imide groups is 1. The van der Waals surface area contributed by atoms with Crippen molar-refractivity contribution in [2.75, 3.05) is 7.11 Å². The Bertz CT molecular complexity index is 1290. The van der Waals surface area contributed by atoms with Gasteiger partial charge in [0.1, 0.15) is 11.5 Å². The number of carbonyl (C=O) groups is 3. The normalized spacial score (nSPS) is 14.6. The van der Waals surface area contributed by atoms with Gasteiger partial charge in [-0.15, -0.1) is 0 Å². The Kier molecular flexibility index (Phi) is 7.26. The van der Waals surface area contributed by atoms with Crippen LogP contribution in [0.15, 0.2) is 71.6 Å². The number of carbonyl (C=O) groups excluding carboxylic acids is 3. The molecule has 2 amide bonds. The van der Waals surface area contributed by atoms with Gasteiger partial charge in [0, 0.05) is 5.02 Å². The molecule has 9 heteroatoms. The van der Waals surface area contributed by atoms with Crippen molar-refractivity contribution in [3.63, 3.8) is 0 Å². The van der Waals surface area contributed by atoms with Gasteiger partial charge in [-0.2, -0.15) is 0 Å². The van der Waals surface area contributed by atoms with Gasteiger partial charge in [0.05, 0.1) is 29.1 Å². The van der Waals surface area contributed by atoms with Gasteiger partial charge in [-0.05, 0) is 77.5 Å². The number of rotatable bonds is 6. The minimum atomic E-state index is -0.569. The van der Waals surface area contributed by atoms with Gasteiger partial charge in [0.15, 0.2) is 0 Å². The number of ether oxygens (including phenoxy) is 2. The van der Waals surface area contributed by atoms with E-state index in [2.05, 4.69) is 0 Å². The molecule has 6 nitrogen and oxygen atoms in total. The maximum atomic E-state index is 12.8. The molecule has 1 aliphatic heterocycles. The third-order valence-electron chi connectivity index (χ3n) is 4.91. The third-order valence-corrected chi connectivity index (χ3v) is 6.36. The molecule has 0 atom stereocenters. The highest BCUT2D eigenvalue weighted by molar-refractivity contribution is 8.18. The monoisotopic (exact) mass is 513 g/mol. The average Bonchev–Trinajstić information content (AvgIpc) is 3.09. The van der Waals surface area contributed by atoms with Crippen LogP contribution in [0.25, 0.3) is 6.08 Å². The lowest BCUT2D eigenvalue weighted by molar-refractivity contribution is -0.123. The zero-order valence-corrected chi connectivity index (χ0v) is 20.1. The first kappa shape index (κ1) is 23.9. The van der Waals surface area contributed by atoms with Crippen molar-refractivity contribution < 1.29 is 23.9 Å². The van der Waals surface area contributed by atoms with E-state index in [1.165, 1.54) is 18.1 Å². The van der Waals surface area contributed by atoms with Crippen molar-refractivity contribution in [2.24, 2.45) is 0 Å². The Balaban J connectivity index is 1.46. The predicted octanol–water partition coefficient (Wildman–Crippen LogP) is 6.46. The quantitative estimate of drug-likeness (QED) is 0.214. The number of nitrogens with zero attached hydrogens (tertiary/aromatic N) is 1. The summed E-state index contributed by atoms with van der Waals surface area (Å²) >= 11 is 13.0. The standard InChI is InChI=1S/C25H17Cl2NO5S/c1-32-19-9-5-17(6-10-19)24(30)33-21-11-4-16(12-20(21)27)13-22-23(29)28(25(31)34-22)14-15-2-7-18(26)8-3-15/h2-13H,14H2,1H3/b22-13-. The molecule has 3 aromatic carbocycles. The summed E-state index contributed by atoms with van der Waals surface area (Å²) < 4.78 is 10.5. The SMILES string of the molecule is COc1ccc(C(=O)Oc2ccc(/C=C3\SC(=O)N(Cc4ccc(Cl)cc4)C3=O)cc2Cl)cc1. The summed E-state index contributed by atoms with van der Waals surface area (Å²) in [4.78, 5) is 39.0. The fraction of sp³-hybridized carbons (Fsp3) is 0.0800. The summed E-state index contributed by atoms with van der Waals surface area (Å²) in [7, 11) is 1.54. The lowest BCUT2D eigenvalue weighted by atomic mass is 10.2. The fourth-order valence-electron chi connectivity index (χ4n) is 3.14. The van der Waals surface area contributed by atoms with Gasteiger partial charge >= 0.3 is 5.97 Å². The maximum Gasteiger partial charge on any atom is 0.343 e. The van der Waals surface area contributed by atoms with E-state index in [4.69, 9.17) is 32.7 Å². The average molecular weight is 514 g/mol. The van der Waals surface area contributed by atoms with Gasteiger partial charge in [-0.25, -0.2) is 4.79 Å². The highest BCUT2D eigenvalue weighted by atomic mass is 35.5. The number of hydrogen-bond donors (Lipinski definition) is 0. The van der Waals surface area contributed by atoms with Crippen LogP contribution >= 0.6 is 35.0 Å². The molecule has 0 aliphatic carbocycles. The van der Waals surface area contributed by atoms with Crippen LogP contribution < -0.4 is 9.47 Å². The largest absolute Gasteiger partial charge is 0.497 e. The molecular weight excluding hydrogens is 497 g/mol. The lowest BCUT2D eigenvalue weighted by Crippen LogP contribution is -2.27. The molecular formula is C25H17Cl2NO5S. The number of thioether (sulfide) groups is 1. The highest BCUT2D eigenvalue weighted by Gasteiger charge is 2.35. The van der Waals surface area contributed by atoms with Crippen LogP contribution in [0.4, 0.5) is 4.79 Å². The van der Waals surface area contributed by atoms with Crippen molar-refractivity contribution in [3.05, 3.63) is 98.4 Å². The summed E-state index contributed by atoms with van der Waals surface area (Å²) in [5.74, 6) is -0.163. The van der Waals surface area contributed by atoms with E-state index >= 15 is 0 Å². The van der Waals surface area contributed by atoms with E-state index in [-0.39, 0.29) is 27.5 Å². The molecule has 4 rings (SSSR count). The molecule has 0 bridgehead atoms. The smallest absolute Gasteiger partial charge is 0.343 e. The minimum absolute atomic E-state index is 0.153. The first-order valence-electron chi connectivity index (χ1n) is 9.99. The summed E-state index contributed by atoms with van der Waals surface area (Å²) in [5, 5.41) is 0.408. The topological polar surface area (TPSA) is 72.9 Å². The molecule has 0 aromatic heterocycles. The molecule has 1 heterocycles. The summed E-state index contributed by atoms with van der Waals surface area (Å²) in [6, 6.07) is 18.2. The molecule has 1 saturated heterocycles. The minimum Gasteiger partial charge on any atom is -0.497 e. The first-order valence-corrected chi connectivity index (χ1v) is 11.6. The van der Waals surface area contributed by atoms with E-state index in [0.717, 1.165) is 17.3 Å². The van der Waals surface area contributed by atoms with Crippen LogP contribution in [0.5, 0.6) is 11.5 Å². The van der Waals surface area contributed by atoms with E-state index in [1.54, 1.807) is 66.7 Å². The van der Waals surface area contributed by atoms with Crippen LogP contribution in [-0.4, -0.2) is 29.1 Å². The van der Waals surface area contributed by atoms with Crippen molar-refractivity contribution in [2.45, 2.75) is 6.54 Å². The molecule has 0 saturated carbocycles. The molecule has 0 unspecified atom stereocenters. The summed E-state index contributed by atoms with van der Waals surface area (Å²) in [6.07, 6.45) is 1.58. The predicted molar refractivity (Wildman–Crippen MR) is 132 cm³/mol. The molecule has 172 valence electrons. The fourth-order valence-corrected chi connectivity index (χ4v) is 4.33. The van der Waals surface area contributed by atoms with Crippen molar-refractivity contribution in [3.8, 4) is 11.5 Å². The van der Waals surface area contributed by atoms with E-state index in [9.17, 15) is 14.4 Å². The van der Waals surface area contributed by atoms with Crippen LogP contribution in [0, 0.1) is 0 Å². The molecule has 34 heavy (non-hydrogen) atoms. The zero-order valence-electron chi connectivity index (χ0n) is 17.8. The van der Waals surface area contributed by atoms with Gasteiger partial charge < -0.3 is 9.47 Å². The Morgan fingerprint density at radius 3 is 2.35 bits per heavy atom. The van der Waals surface area contributed by atoms with Gasteiger partial charge in [-0.1, -0.05) is 41.4 Å². The van der Waals surface area contributed by atoms with E-state index in [0.29, 0.717) is 21.9 Å². The van der Waals surface area contributed by atoms with Crippen LogP contribution in [0.1, 0.15) is 21.5 Å². The second-order valence-corrected chi connectivity index (χ2v) is 9.04. The molecule has 0 N–H and O–H groups in total. The van der Waals surface area contributed by atoms with E-state index in [1.807, 2.05) is 0 Å². The zero-order chi connectivity index (χ0) is 24.2. The second-order valence-electron chi connectivity index (χ2n) is 7.20. The maximum absolute atomic E-state index is 12.8. The molecule has 1 aliphatic rings. The van der Waals surface area contributed by atoms with Crippen molar-refractivity contribution in [1.82, 2.24) is 4.90 Å². The number of benzene rings is 3. The number of esters is 1. The van der Waals surface area contributed by atoms with Crippen molar-refractivity contribution >= 4 is 58.2 Å². The summed E-state index contributed by atoms with van der Waals surface area (Å²) in [5.41, 5.74) is 1.72. The lowest BCUT2D eigenvalue weighted by Gasteiger charge is -2.12. The van der Waals surface area contributed by atoms with Gasteiger partial charge in [0.2, 0.25) is 0 Å². The Labute approximate surface area is 210 Å². The Morgan fingerprint density at radius 2 is 1.71 bits per heavy atom. The molecule has 0 radical (unpaired) electrons. The summed E-state index contributed by atoms with van der Waals surface area (Å²) in [6.45, 7) is 0.153. The third kappa shape index (κ3) is 5.44. The van der Waals surface area contributed by atoms with Crippen LogP contribution in [0.3, 0.4) is 0 Å². The highest BCUT2D eigenvalue weighted by Crippen LogP contribution is 2.35. The number of amides is 2. The second kappa shape index (κ2) is 10.3. The number of hydrogen-bond acceptors (Lipinski definition) is 6. The molecule has 3 aromatic rings. The van der Waals surface area contributed by atoms with Crippen LogP contribution in [0.2, 0.25) is 10.0 Å². The van der Waals surface area contributed by atoms with Gasteiger partial charge in [0.25, 0.3) is 11.1 Å². The number of methoxy groups -OCH3 is 1. The van der Waals surface area contributed by atoms with Gasteiger partial charge in [-0.3, -0.25) is 14.5 Å². The van der Waals surface area contributed by atoms with Crippen LogP contribution in [-0.2, 0) is 11.3 Å². The molecule has 1 fully saturated rings. The Morgan fingerprint density at radius 1 is 1.00 bits per heavy atom. The first-order chi connectivity index (χ1) is 16.3. The van der Waals surface area contributed by atoms with E-state index < -0.39 is 11.9 Å². The Hall–Kier alpha value is -3.26. The number of halogens is 2.